The molecule has 1 aliphatic carbocycles. The second kappa shape index (κ2) is 7.95. The summed E-state index contributed by atoms with van der Waals surface area (Å²) in [5.41, 5.74) is 10.0. The highest BCUT2D eigenvalue weighted by molar-refractivity contribution is 6.07. The third-order valence-electron chi connectivity index (χ3n) is 8.81. The van der Waals surface area contributed by atoms with Gasteiger partial charge in [0, 0.05) is 17.5 Å². The van der Waals surface area contributed by atoms with Crippen LogP contribution < -0.4 is 11.1 Å². The summed E-state index contributed by atoms with van der Waals surface area (Å²) in [7, 11) is 0. The van der Waals surface area contributed by atoms with Crippen molar-refractivity contribution in [3.05, 3.63) is 58.2 Å². The number of nitrogens with zero attached hydrogens (tertiary/aromatic N) is 3. The standard InChI is InChI=1S/C28H28FN5O3/c1-14-3-4-23(15-7-19-24(20(29)8-15)33-27(36)28(19)5-2-6-28)34(11-14)26(35)21-9-16-17-12-37-13-18(17)25(30)32-22(16)10-31-21/h7-10,14,23H,2-6,11-13H2,1H3,(H2,30,32)(H,33,36). The Morgan fingerprint density at radius 2 is 2.03 bits per heavy atom. The van der Waals surface area contributed by atoms with Crippen molar-refractivity contribution in [1.82, 2.24) is 14.9 Å². The number of rotatable bonds is 2. The fourth-order valence-electron chi connectivity index (χ4n) is 6.57. The number of benzene rings is 1. The molecular weight excluding hydrogens is 473 g/mol. The Hall–Kier alpha value is -3.59. The summed E-state index contributed by atoms with van der Waals surface area (Å²) >= 11 is 0. The molecule has 1 aromatic carbocycles. The van der Waals surface area contributed by atoms with Crippen molar-refractivity contribution in [1.29, 1.82) is 0 Å². The monoisotopic (exact) mass is 501 g/mol. The van der Waals surface area contributed by atoms with E-state index in [4.69, 9.17) is 10.5 Å². The van der Waals surface area contributed by atoms with Gasteiger partial charge in [-0.25, -0.2) is 14.4 Å². The van der Waals surface area contributed by atoms with Crippen molar-refractivity contribution >= 4 is 34.2 Å². The number of nitrogens with one attached hydrogen (secondary N) is 1. The number of carbonyl (C=O) groups excluding carboxylic acids is 2. The van der Waals surface area contributed by atoms with E-state index in [0.29, 0.717) is 54.8 Å². The Labute approximate surface area is 213 Å². The minimum Gasteiger partial charge on any atom is -0.383 e. The molecule has 7 rings (SSSR count). The summed E-state index contributed by atoms with van der Waals surface area (Å²) in [5, 5.41) is 3.59. The summed E-state index contributed by atoms with van der Waals surface area (Å²) in [6.45, 7) is 3.49. The molecule has 8 nitrogen and oxygen atoms in total. The predicted octanol–water partition coefficient (Wildman–Crippen LogP) is 4.37. The lowest BCUT2D eigenvalue weighted by molar-refractivity contribution is -0.123. The quantitative estimate of drug-likeness (QED) is 0.540. The Morgan fingerprint density at radius 3 is 2.81 bits per heavy atom. The predicted molar refractivity (Wildman–Crippen MR) is 135 cm³/mol. The molecule has 3 aromatic rings. The number of pyridine rings is 2. The first-order valence-corrected chi connectivity index (χ1v) is 13.0. The number of ether oxygens (including phenoxy) is 1. The Bertz CT molecular complexity index is 1500. The Morgan fingerprint density at radius 1 is 1.22 bits per heavy atom. The van der Waals surface area contributed by atoms with Crippen LogP contribution in [0.1, 0.15) is 77.8 Å². The first-order valence-electron chi connectivity index (χ1n) is 13.0. The van der Waals surface area contributed by atoms with Crippen LogP contribution in [0.25, 0.3) is 10.9 Å². The van der Waals surface area contributed by atoms with Crippen molar-refractivity contribution in [3.63, 3.8) is 0 Å². The van der Waals surface area contributed by atoms with Gasteiger partial charge in [-0.3, -0.25) is 9.59 Å². The lowest BCUT2D eigenvalue weighted by Gasteiger charge is -2.40. The summed E-state index contributed by atoms with van der Waals surface area (Å²) in [5.74, 6) is -0.00173. The molecule has 2 atom stereocenters. The van der Waals surface area contributed by atoms with Crippen LogP contribution in [0.2, 0.25) is 0 Å². The number of halogens is 1. The summed E-state index contributed by atoms with van der Waals surface area (Å²) in [6.07, 6.45) is 5.64. The maximum atomic E-state index is 15.3. The van der Waals surface area contributed by atoms with Gasteiger partial charge in [0.2, 0.25) is 5.91 Å². The molecule has 1 saturated carbocycles. The van der Waals surface area contributed by atoms with Gasteiger partial charge >= 0.3 is 0 Å². The molecule has 2 aromatic heterocycles. The zero-order valence-electron chi connectivity index (χ0n) is 20.6. The van der Waals surface area contributed by atoms with Crippen molar-refractivity contribution in [2.24, 2.45) is 5.92 Å². The van der Waals surface area contributed by atoms with Gasteiger partial charge in [-0.15, -0.1) is 0 Å². The van der Waals surface area contributed by atoms with Gasteiger partial charge in [-0.05, 0) is 60.4 Å². The van der Waals surface area contributed by atoms with Crippen LogP contribution >= 0.6 is 0 Å². The van der Waals surface area contributed by atoms with Crippen molar-refractivity contribution < 1.29 is 18.7 Å². The average molecular weight is 502 g/mol. The van der Waals surface area contributed by atoms with Gasteiger partial charge < -0.3 is 20.7 Å². The van der Waals surface area contributed by atoms with Crippen LogP contribution in [0.3, 0.4) is 0 Å². The van der Waals surface area contributed by atoms with Gasteiger partial charge in [-0.1, -0.05) is 19.4 Å². The van der Waals surface area contributed by atoms with E-state index in [9.17, 15) is 9.59 Å². The van der Waals surface area contributed by atoms with Gasteiger partial charge in [0.1, 0.15) is 17.3 Å². The smallest absolute Gasteiger partial charge is 0.272 e. The molecular formula is C28H28FN5O3. The van der Waals surface area contributed by atoms with Crippen LogP contribution in [0.15, 0.2) is 24.4 Å². The average Bonchev–Trinajstić information content (AvgIpc) is 3.47. The van der Waals surface area contributed by atoms with Crippen molar-refractivity contribution in [2.75, 3.05) is 17.6 Å². The van der Waals surface area contributed by atoms with Gasteiger partial charge in [0.05, 0.1) is 42.1 Å². The van der Waals surface area contributed by atoms with Crippen molar-refractivity contribution in [2.45, 2.75) is 63.7 Å². The second-order valence-corrected chi connectivity index (χ2v) is 11.0. The number of amides is 2. The first-order chi connectivity index (χ1) is 17.9. The molecule has 2 fully saturated rings. The molecule has 190 valence electrons. The number of likely N-dealkylation sites (tertiary alicyclic amines) is 1. The molecule has 9 heteroatoms. The number of fused-ring (bicyclic) bond motifs is 5. The number of nitrogen functional groups attached to an aromatic ring is 1. The van der Waals surface area contributed by atoms with Crippen molar-refractivity contribution in [3.8, 4) is 0 Å². The van der Waals surface area contributed by atoms with Crippen LogP contribution in [0.4, 0.5) is 15.9 Å². The number of anilines is 2. The fourth-order valence-corrected chi connectivity index (χ4v) is 6.57. The third kappa shape index (κ3) is 3.22. The Kier molecular flexibility index (Phi) is 4.86. The fraction of sp³-hybridized carbons (Fsp3) is 0.429. The molecule has 4 aliphatic rings. The van der Waals surface area contributed by atoms with Crippen LogP contribution in [-0.2, 0) is 28.2 Å². The summed E-state index contributed by atoms with van der Waals surface area (Å²) in [4.78, 5) is 37.4. The number of hydrogen-bond donors (Lipinski definition) is 2. The third-order valence-corrected chi connectivity index (χ3v) is 8.81. The molecule has 2 unspecified atom stereocenters. The number of aromatic nitrogens is 2. The number of piperidine rings is 1. The van der Waals surface area contributed by atoms with Crippen LogP contribution in [0.5, 0.6) is 0 Å². The molecule has 37 heavy (non-hydrogen) atoms. The maximum absolute atomic E-state index is 15.3. The SMILES string of the molecule is CC1CCC(c2cc(F)c3c(c2)C2(CCC2)C(=O)N3)N(C(=O)c2cc3c4c(c(N)nc3cn2)COC4)C1. The van der Waals surface area contributed by atoms with Gasteiger partial charge in [0.15, 0.2) is 0 Å². The van der Waals surface area contributed by atoms with E-state index in [1.54, 1.807) is 12.3 Å². The van der Waals surface area contributed by atoms with Crippen LogP contribution in [0, 0.1) is 11.7 Å². The normalized spacial score (nSPS) is 23.6. The van der Waals surface area contributed by atoms with E-state index in [0.717, 1.165) is 53.3 Å². The zero-order chi connectivity index (χ0) is 25.5. The molecule has 5 heterocycles. The molecule has 0 radical (unpaired) electrons. The number of carbonyl (C=O) groups is 2. The van der Waals surface area contributed by atoms with Gasteiger partial charge in [0.25, 0.3) is 5.91 Å². The maximum Gasteiger partial charge on any atom is 0.272 e. The zero-order valence-corrected chi connectivity index (χ0v) is 20.6. The Balaban J connectivity index is 1.28. The summed E-state index contributed by atoms with van der Waals surface area (Å²) < 4.78 is 20.9. The first kappa shape index (κ1) is 22.6. The highest BCUT2D eigenvalue weighted by atomic mass is 19.1. The molecule has 3 aliphatic heterocycles. The van der Waals surface area contributed by atoms with E-state index < -0.39 is 11.2 Å². The molecule has 1 saturated heterocycles. The van der Waals surface area contributed by atoms with E-state index in [-0.39, 0.29) is 17.9 Å². The molecule has 0 bridgehead atoms. The molecule has 1 spiro atoms. The second-order valence-electron chi connectivity index (χ2n) is 11.0. The largest absolute Gasteiger partial charge is 0.383 e. The van der Waals surface area contributed by atoms with E-state index in [1.807, 2.05) is 11.0 Å². The minimum atomic E-state index is -0.625. The van der Waals surface area contributed by atoms with E-state index in [2.05, 4.69) is 22.2 Å². The van der Waals surface area contributed by atoms with Crippen LogP contribution in [-0.4, -0.2) is 33.2 Å². The molecule has 3 N–H and O–H groups in total. The number of nitrogens with two attached hydrogens (primary N) is 1. The lowest BCUT2D eigenvalue weighted by Crippen LogP contribution is -2.42. The number of hydrogen-bond acceptors (Lipinski definition) is 6. The topological polar surface area (TPSA) is 110 Å². The minimum absolute atomic E-state index is 0.110. The highest BCUT2D eigenvalue weighted by Gasteiger charge is 2.52. The summed E-state index contributed by atoms with van der Waals surface area (Å²) in [6, 6.07) is 4.93. The van der Waals surface area contributed by atoms with E-state index in [1.165, 1.54) is 6.07 Å². The van der Waals surface area contributed by atoms with E-state index >= 15 is 4.39 Å². The highest BCUT2D eigenvalue weighted by Crippen LogP contribution is 2.53. The molecule has 2 amide bonds. The lowest BCUT2D eigenvalue weighted by atomic mass is 9.65. The van der Waals surface area contributed by atoms with Gasteiger partial charge in [-0.2, -0.15) is 0 Å².